The number of hydrogen-bond acceptors (Lipinski definition) is 3. The monoisotopic (exact) mass is 476 g/mol. The summed E-state index contributed by atoms with van der Waals surface area (Å²) in [5, 5.41) is 3.54. The van der Waals surface area contributed by atoms with Crippen LogP contribution in [0.2, 0.25) is 5.02 Å². The molecule has 1 aliphatic rings. The second-order valence-electron chi connectivity index (χ2n) is 8.85. The van der Waals surface area contributed by atoms with Crippen LogP contribution < -0.4 is 10.2 Å². The largest absolute Gasteiger partial charge is 0.342 e. The number of rotatable bonds is 5. The molecule has 0 unspecified atom stereocenters. The number of piperidine rings is 1. The van der Waals surface area contributed by atoms with Crippen molar-refractivity contribution < 1.29 is 9.18 Å². The number of aryl methyl sites for hydroxylation is 1. The number of carbonyl (C=O) groups is 1. The molecule has 1 N–H and O–H groups in total. The molecule has 0 bridgehead atoms. The van der Waals surface area contributed by atoms with Gasteiger partial charge in [-0.15, -0.1) is 0 Å². The lowest BCUT2D eigenvalue weighted by molar-refractivity contribution is -0.120. The van der Waals surface area contributed by atoms with Crippen molar-refractivity contribution in [3.63, 3.8) is 0 Å². The van der Waals surface area contributed by atoms with E-state index in [1.54, 1.807) is 12.1 Å². The number of anilines is 2. The normalized spacial score (nSPS) is 14.5. The van der Waals surface area contributed by atoms with Gasteiger partial charge in [-0.05, 0) is 67.3 Å². The molecule has 0 aliphatic carbocycles. The van der Waals surface area contributed by atoms with E-state index >= 15 is 0 Å². The van der Waals surface area contributed by atoms with Crippen LogP contribution in [0.1, 0.15) is 24.0 Å². The van der Waals surface area contributed by atoms with Crippen LogP contribution in [0.3, 0.4) is 0 Å². The van der Waals surface area contributed by atoms with Gasteiger partial charge >= 0.3 is 0 Å². The Morgan fingerprint density at radius 1 is 1.09 bits per heavy atom. The molecule has 0 saturated carbocycles. The summed E-state index contributed by atoms with van der Waals surface area (Å²) in [6.45, 7) is 3.92. The number of hydrogen-bond donors (Lipinski definition) is 1. The van der Waals surface area contributed by atoms with E-state index in [4.69, 9.17) is 16.6 Å². The number of para-hydroxylation sites is 2. The standard InChI is InChI=1S/C27H26ClFN4O/c1-18-9-10-23(22(28)15-18)30-26(34)20-11-13-32(14-12-20)27-31-24-7-2-3-8-25(24)33(27)17-19-5-4-6-21(29)16-19/h2-10,15-16,20H,11-14,17H2,1H3,(H,30,34). The van der Waals surface area contributed by atoms with Crippen LogP contribution in [-0.4, -0.2) is 28.5 Å². The number of fused-ring (bicyclic) bond motifs is 1. The summed E-state index contributed by atoms with van der Waals surface area (Å²) in [7, 11) is 0. The molecule has 1 saturated heterocycles. The number of amides is 1. The van der Waals surface area contributed by atoms with Crippen molar-refractivity contribution in [2.75, 3.05) is 23.3 Å². The molecule has 174 valence electrons. The Bertz CT molecular complexity index is 1340. The van der Waals surface area contributed by atoms with Gasteiger partial charge in [-0.2, -0.15) is 0 Å². The SMILES string of the molecule is Cc1ccc(NC(=O)C2CCN(c3nc4ccccc4n3Cc3cccc(F)c3)CC2)c(Cl)c1. The molecule has 0 spiro atoms. The van der Waals surface area contributed by atoms with Gasteiger partial charge < -0.3 is 14.8 Å². The van der Waals surface area contributed by atoms with E-state index in [1.165, 1.54) is 6.07 Å². The molecule has 1 aromatic heterocycles. The number of aromatic nitrogens is 2. The molecule has 0 radical (unpaired) electrons. The highest BCUT2D eigenvalue weighted by molar-refractivity contribution is 6.33. The molecule has 5 rings (SSSR count). The lowest BCUT2D eigenvalue weighted by Gasteiger charge is -2.32. The molecular formula is C27H26ClFN4O. The summed E-state index contributed by atoms with van der Waals surface area (Å²) < 4.78 is 15.9. The van der Waals surface area contributed by atoms with E-state index in [1.807, 2.05) is 55.5 Å². The molecule has 1 fully saturated rings. The fraction of sp³-hybridized carbons (Fsp3) is 0.259. The highest BCUT2D eigenvalue weighted by atomic mass is 35.5. The first kappa shape index (κ1) is 22.4. The van der Waals surface area contributed by atoms with E-state index in [0.29, 0.717) is 30.3 Å². The van der Waals surface area contributed by atoms with E-state index in [-0.39, 0.29) is 17.6 Å². The maximum atomic E-state index is 13.8. The first-order valence-corrected chi connectivity index (χ1v) is 11.9. The van der Waals surface area contributed by atoms with Crippen LogP contribution in [0.5, 0.6) is 0 Å². The van der Waals surface area contributed by atoms with E-state index in [0.717, 1.165) is 41.0 Å². The molecule has 1 aliphatic heterocycles. The molecule has 3 aromatic carbocycles. The average molecular weight is 477 g/mol. The van der Waals surface area contributed by atoms with Gasteiger partial charge in [-0.1, -0.05) is 41.9 Å². The van der Waals surface area contributed by atoms with Crippen molar-refractivity contribution in [1.82, 2.24) is 9.55 Å². The maximum Gasteiger partial charge on any atom is 0.227 e. The van der Waals surface area contributed by atoms with Gasteiger partial charge in [0, 0.05) is 19.0 Å². The third-order valence-electron chi connectivity index (χ3n) is 6.40. The molecule has 5 nitrogen and oxygen atoms in total. The topological polar surface area (TPSA) is 50.2 Å². The Balaban J connectivity index is 1.33. The summed E-state index contributed by atoms with van der Waals surface area (Å²) in [6, 6.07) is 20.3. The number of carbonyl (C=O) groups excluding carboxylic acids is 1. The van der Waals surface area contributed by atoms with Gasteiger partial charge in [0.1, 0.15) is 5.82 Å². The molecule has 1 amide bonds. The lowest BCUT2D eigenvalue weighted by atomic mass is 9.96. The van der Waals surface area contributed by atoms with Crippen molar-refractivity contribution in [2.45, 2.75) is 26.3 Å². The highest BCUT2D eigenvalue weighted by Crippen LogP contribution is 2.29. The maximum absolute atomic E-state index is 13.8. The number of imidazole rings is 1. The fourth-order valence-corrected chi connectivity index (χ4v) is 4.86. The minimum atomic E-state index is -0.246. The zero-order valence-corrected chi connectivity index (χ0v) is 19.7. The summed E-state index contributed by atoms with van der Waals surface area (Å²) in [6.07, 6.45) is 1.44. The van der Waals surface area contributed by atoms with Gasteiger partial charge in [-0.25, -0.2) is 9.37 Å². The smallest absolute Gasteiger partial charge is 0.227 e. The molecule has 7 heteroatoms. The molecule has 0 atom stereocenters. The Morgan fingerprint density at radius 2 is 1.88 bits per heavy atom. The number of benzene rings is 3. The van der Waals surface area contributed by atoms with Crippen LogP contribution >= 0.6 is 11.6 Å². The summed E-state index contributed by atoms with van der Waals surface area (Å²) in [5.74, 6) is 0.517. The molecule has 4 aromatic rings. The zero-order valence-electron chi connectivity index (χ0n) is 19.0. The molecule has 34 heavy (non-hydrogen) atoms. The number of halogens is 2. The fourth-order valence-electron chi connectivity index (χ4n) is 4.58. The molecule has 2 heterocycles. The zero-order chi connectivity index (χ0) is 23.7. The van der Waals surface area contributed by atoms with Gasteiger partial charge in [0.2, 0.25) is 11.9 Å². The van der Waals surface area contributed by atoms with Crippen LogP contribution in [-0.2, 0) is 11.3 Å². The summed E-state index contributed by atoms with van der Waals surface area (Å²) >= 11 is 6.29. The average Bonchev–Trinajstić information content (AvgIpc) is 3.19. The van der Waals surface area contributed by atoms with Gasteiger partial charge in [0.15, 0.2) is 0 Å². The van der Waals surface area contributed by atoms with Gasteiger partial charge in [0.25, 0.3) is 0 Å². The van der Waals surface area contributed by atoms with Gasteiger partial charge in [-0.3, -0.25) is 4.79 Å². The third kappa shape index (κ3) is 4.64. The van der Waals surface area contributed by atoms with Crippen molar-refractivity contribution in [1.29, 1.82) is 0 Å². The Kier molecular flexibility index (Phi) is 6.24. The number of nitrogens with zero attached hydrogens (tertiary/aromatic N) is 3. The van der Waals surface area contributed by atoms with Crippen molar-refractivity contribution in [2.24, 2.45) is 5.92 Å². The van der Waals surface area contributed by atoms with Crippen molar-refractivity contribution in [3.8, 4) is 0 Å². The minimum absolute atomic E-state index is 0.00123. The first-order valence-electron chi connectivity index (χ1n) is 11.5. The second-order valence-corrected chi connectivity index (χ2v) is 9.26. The first-order chi connectivity index (χ1) is 16.5. The predicted molar refractivity (Wildman–Crippen MR) is 135 cm³/mol. The van der Waals surface area contributed by atoms with Crippen LogP contribution in [0.15, 0.2) is 66.7 Å². The van der Waals surface area contributed by atoms with Crippen LogP contribution in [0.4, 0.5) is 16.0 Å². The van der Waals surface area contributed by atoms with E-state index in [9.17, 15) is 9.18 Å². The third-order valence-corrected chi connectivity index (χ3v) is 6.71. The minimum Gasteiger partial charge on any atom is -0.342 e. The van der Waals surface area contributed by atoms with Crippen LogP contribution in [0, 0.1) is 18.7 Å². The Morgan fingerprint density at radius 3 is 2.65 bits per heavy atom. The van der Waals surface area contributed by atoms with Crippen LogP contribution in [0.25, 0.3) is 11.0 Å². The molecular weight excluding hydrogens is 451 g/mol. The Hall–Kier alpha value is -3.38. The highest BCUT2D eigenvalue weighted by Gasteiger charge is 2.28. The van der Waals surface area contributed by atoms with Gasteiger partial charge in [0.05, 0.1) is 28.3 Å². The quantitative estimate of drug-likeness (QED) is 0.382. The van der Waals surface area contributed by atoms with Crippen molar-refractivity contribution >= 4 is 40.2 Å². The Labute approximate surface area is 203 Å². The summed E-state index contributed by atoms with van der Waals surface area (Å²) in [4.78, 5) is 20.0. The van der Waals surface area contributed by atoms with E-state index in [2.05, 4.69) is 14.8 Å². The van der Waals surface area contributed by atoms with Crippen molar-refractivity contribution in [3.05, 3.63) is 88.7 Å². The predicted octanol–water partition coefficient (Wildman–Crippen LogP) is 6.04. The summed E-state index contributed by atoms with van der Waals surface area (Å²) in [5.41, 5.74) is 4.50. The second kappa shape index (κ2) is 9.47. The lowest BCUT2D eigenvalue weighted by Crippen LogP contribution is -2.39. The van der Waals surface area contributed by atoms with E-state index < -0.39 is 0 Å². The number of nitrogens with one attached hydrogen (secondary N) is 1.